The zero-order valence-corrected chi connectivity index (χ0v) is 19.9. The first kappa shape index (κ1) is 24.3. The standard InChI is InChI=1S/C24H31ClN2O2S/c1-17-8-6-9-19(12-17)14-27(18(2)23(29)26-24(3,4)5)22(28)16-30-15-20-10-7-11-21(25)13-20/h6-13,18H,14-16H2,1-5H3,(H,26,29)/t18-/m0/s1. The van der Waals surface area contributed by atoms with Crippen LogP contribution in [-0.4, -0.2) is 34.0 Å². The molecular weight excluding hydrogens is 416 g/mol. The minimum absolute atomic E-state index is 0.0555. The van der Waals surface area contributed by atoms with E-state index in [1.165, 1.54) is 11.8 Å². The van der Waals surface area contributed by atoms with Crippen molar-refractivity contribution in [2.24, 2.45) is 0 Å². The Morgan fingerprint density at radius 3 is 2.40 bits per heavy atom. The van der Waals surface area contributed by atoms with Crippen LogP contribution in [0.2, 0.25) is 5.02 Å². The van der Waals surface area contributed by atoms with Crippen LogP contribution in [0.4, 0.5) is 0 Å². The lowest BCUT2D eigenvalue weighted by Crippen LogP contribution is -2.52. The summed E-state index contributed by atoms with van der Waals surface area (Å²) in [5.74, 6) is 0.780. The number of nitrogens with one attached hydrogen (secondary N) is 1. The van der Waals surface area contributed by atoms with Gasteiger partial charge in [-0.05, 0) is 57.9 Å². The molecule has 30 heavy (non-hydrogen) atoms. The zero-order chi connectivity index (χ0) is 22.3. The average Bonchev–Trinajstić information content (AvgIpc) is 2.64. The van der Waals surface area contributed by atoms with Gasteiger partial charge in [-0.2, -0.15) is 0 Å². The Hall–Kier alpha value is -1.98. The summed E-state index contributed by atoms with van der Waals surface area (Å²) in [7, 11) is 0. The Bertz CT molecular complexity index is 880. The lowest BCUT2D eigenvalue weighted by Gasteiger charge is -2.31. The minimum Gasteiger partial charge on any atom is -0.350 e. The maximum absolute atomic E-state index is 13.1. The quantitative estimate of drug-likeness (QED) is 0.605. The molecule has 0 saturated heterocycles. The lowest BCUT2D eigenvalue weighted by molar-refractivity contribution is -0.139. The van der Waals surface area contributed by atoms with Crippen LogP contribution in [0.1, 0.15) is 44.4 Å². The molecule has 0 bridgehead atoms. The summed E-state index contributed by atoms with van der Waals surface area (Å²) in [5, 5.41) is 3.67. The van der Waals surface area contributed by atoms with Gasteiger partial charge in [-0.15, -0.1) is 11.8 Å². The van der Waals surface area contributed by atoms with Gasteiger partial charge in [0, 0.05) is 22.9 Å². The Labute approximate surface area is 189 Å². The lowest BCUT2D eigenvalue weighted by atomic mass is 10.1. The van der Waals surface area contributed by atoms with Crippen LogP contribution in [0.3, 0.4) is 0 Å². The number of hydrogen-bond donors (Lipinski definition) is 1. The number of nitrogens with zero attached hydrogens (tertiary/aromatic N) is 1. The van der Waals surface area contributed by atoms with Gasteiger partial charge in [0.05, 0.1) is 5.75 Å². The van der Waals surface area contributed by atoms with Crippen molar-refractivity contribution < 1.29 is 9.59 Å². The van der Waals surface area contributed by atoms with Crippen LogP contribution in [0.5, 0.6) is 0 Å². The molecule has 0 spiro atoms. The molecule has 0 aliphatic heterocycles. The van der Waals surface area contributed by atoms with Gasteiger partial charge >= 0.3 is 0 Å². The summed E-state index contributed by atoms with van der Waals surface area (Å²) in [6.45, 7) is 10.0. The molecule has 0 saturated carbocycles. The fraction of sp³-hybridized carbons (Fsp3) is 0.417. The third-order valence-corrected chi connectivity index (χ3v) is 5.71. The summed E-state index contributed by atoms with van der Waals surface area (Å²) in [5.41, 5.74) is 2.86. The van der Waals surface area contributed by atoms with Crippen molar-refractivity contribution in [1.29, 1.82) is 0 Å². The van der Waals surface area contributed by atoms with Crippen molar-refractivity contribution in [1.82, 2.24) is 10.2 Å². The van der Waals surface area contributed by atoms with Crippen LogP contribution in [-0.2, 0) is 21.9 Å². The number of carbonyl (C=O) groups excluding carboxylic acids is 2. The van der Waals surface area contributed by atoms with Crippen molar-refractivity contribution >= 4 is 35.2 Å². The number of halogens is 1. The van der Waals surface area contributed by atoms with E-state index < -0.39 is 6.04 Å². The average molecular weight is 447 g/mol. The van der Waals surface area contributed by atoms with Crippen molar-refractivity contribution in [2.45, 2.75) is 58.5 Å². The van der Waals surface area contributed by atoms with Gasteiger partial charge in [-0.3, -0.25) is 9.59 Å². The topological polar surface area (TPSA) is 49.4 Å². The number of aryl methyl sites for hydroxylation is 1. The highest BCUT2D eigenvalue weighted by molar-refractivity contribution is 7.99. The molecule has 0 aliphatic carbocycles. The maximum Gasteiger partial charge on any atom is 0.242 e. The number of carbonyl (C=O) groups is 2. The predicted octanol–water partition coefficient (Wildman–Crippen LogP) is 5.21. The molecule has 0 aliphatic rings. The third-order valence-electron chi connectivity index (χ3n) is 4.48. The molecule has 2 aromatic rings. The zero-order valence-electron chi connectivity index (χ0n) is 18.4. The highest BCUT2D eigenvalue weighted by Gasteiger charge is 2.28. The van der Waals surface area contributed by atoms with Gasteiger partial charge in [0.1, 0.15) is 6.04 Å². The monoisotopic (exact) mass is 446 g/mol. The van der Waals surface area contributed by atoms with Crippen molar-refractivity contribution in [2.75, 3.05) is 5.75 Å². The predicted molar refractivity (Wildman–Crippen MR) is 127 cm³/mol. The molecular formula is C24H31ClN2O2S. The summed E-state index contributed by atoms with van der Waals surface area (Å²) in [6, 6.07) is 15.1. The molecule has 2 rings (SSSR count). The maximum atomic E-state index is 13.1. The van der Waals surface area contributed by atoms with E-state index in [1.54, 1.807) is 11.8 Å². The van der Waals surface area contributed by atoms with E-state index in [1.807, 2.05) is 76.2 Å². The minimum atomic E-state index is -0.566. The summed E-state index contributed by atoms with van der Waals surface area (Å²) >= 11 is 7.57. The van der Waals surface area contributed by atoms with Crippen LogP contribution in [0.25, 0.3) is 0 Å². The normalized spacial score (nSPS) is 12.3. The largest absolute Gasteiger partial charge is 0.350 e. The molecule has 2 aromatic carbocycles. The fourth-order valence-electron chi connectivity index (χ4n) is 3.03. The van der Waals surface area contributed by atoms with Crippen LogP contribution >= 0.6 is 23.4 Å². The SMILES string of the molecule is Cc1cccc(CN(C(=O)CSCc2cccc(Cl)c2)[C@@H](C)C(=O)NC(C)(C)C)c1. The van der Waals surface area contributed by atoms with Crippen molar-refractivity contribution in [3.8, 4) is 0 Å². The molecule has 6 heteroatoms. The number of amides is 2. The summed E-state index contributed by atoms with van der Waals surface area (Å²) < 4.78 is 0. The fourth-order valence-corrected chi connectivity index (χ4v) is 4.10. The van der Waals surface area contributed by atoms with E-state index in [4.69, 9.17) is 11.6 Å². The highest BCUT2D eigenvalue weighted by atomic mass is 35.5. The van der Waals surface area contributed by atoms with E-state index in [-0.39, 0.29) is 17.4 Å². The van der Waals surface area contributed by atoms with E-state index in [9.17, 15) is 9.59 Å². The Morgan fingerprint density at radius 1 is 1.10 bits per heavy atom. The van der Waals surface area contributed by atoms with Gasteiger partial charge in [0.2, 0.25) is 11.8 Å². The molecule has 1 N–H and O–H groups in total. The molecule has 4 nitrogen and oxygen atoms in total. The molecule has 0 fully saturated rings. The van der Waals surface area contributed by atoms with E-state index >= 15 is 0 Å². The molecule has 0 unspecified atom stereocenters. The van der Waals surface area contributed by atoms with E-state index in [0.717, 1.165) is 16.7 Å². The Kier molecular flexibility index (Phi) is 8.80. The van der Waals surface area contributed by atoms with Crippen LogP contribution < -0.4 is 5.32 Å². The molecule has 162 valence electrons. The molecule has 0 heterocycles. The van der Waals surface area contributed by atoms with E-state index in [0.29, 0.717) is 23.1 Å². The molecule has 0 aromatic heterocycles. The Morgan fingerprint density at radius 2 is 1.77 bits per heavy atom. The first-order chi connectivity index (χ1) is 14.0. The second-order valence-corrected chi connectivity index (χ2v) is 9.97. The smallest absolute Gasteiger partial charge is 0.242 e. The second kappa shape index (κ2) is 10.9. The number of thioether (sulfide) groups is 1. The molecule has 0 radical (unpaired) electrons. The molecule has 1 atom stereocenters. The summed E-state index contributed by atoms with van der Waals surface area (Å²) in [6.07, 6.45) is 0. The first-order valence-corrected chi connectivity index (χ1v) is 11.6. The van der Waals surface area contributed by atoms with Gasteiger partial charge in [0.25, 0.3) is 0 Å². The van der Waals surface area contributed by atoms with Gasteiger partial charge < -0.3 is 10.2 Å². The van der Waals surface area contributed by atoms with Gasteiger partial charge in [-0.25, -0.2) is 0 Å². The summed E-state index contributed by atoms with van der Waals surface area (Å²) in [4.78, 5) is 27.5. The van der Waals surface area contributed by atoms with Crippen LogP contribution in [0, 0.1) is 6.92 Å². The van der Waals surface area contributed by atoms with Gasteiger partial charge in [-0.1, -0.05) is 53.6 Å². The van der Waals surface area contributed by atoms with Gasteiger partial charge in [0.15, 0.2) is 0 Å². The second-order valence-electron chi connectivity index (χ2n) is 8.55. The third kappa shape index (κ3) is 8.04. The van der Waals surface area contributed by atoms with E-state index in [2.05, 4.69) is 5.32 Å². The van der Waals surface area contributed by atoms with Crippen molar-refractivity contribution in [3.05, 3.63) is 70.2 Å². The molecule has 2 amide bonds. The number of hydrogen-bond acceptors (Lipinski definition) is 3. The first-order valence-electron chi connectivity index (χ1n) is 10.0. The van der Waals surface area contributed by atoms with Crippen molar-refractivity contribution in [3.63, 3.8) is 0 Å². The number of rotatable bonds is 8. The highest BCUT2D eigenvalue weighted by Crippen LogP contribution is 2.19. The Balaban J connectivity index is 2.10. The van der Waals surface area contributed by atoms with Crippen LogP contribution in [0.15, 0.2) is 48.5 Å². The number of benzene rings is 2.